The number of carbonyl (C=O) groups is 2. The van der Waals surface area contributed by atoms with Crippen molar-refractivity contribution >= 4 is 49.5 Å². The van der Waals surface area contributed by atoms with E-state index in [1.807, 2.05) is 36.5 Å². The molecule has 10 nitrogen and oxygen atoms in total. The number of nitrogens with zero attached hydrogens (tertiary/aromatic N) is 4. The van der Waals surface area contributed by atoms with Crippen molar-refractivity contribution in [3.05, 3.63) is 104 Å². The number of aromatic amines is 1. The Kier molecular flexibility index (Phi) is 10.0. The van der Waals surface area contributed by atoms with Crippen LogP contribution >= 0.6 is 31.9 Å². The number of carbonyl (C=O) groups excluding carboxylic acids is 2. The van der Waals surface area contributed by atoms with Gasteiger partial charge in [-0.05, 0) is 92.2 Å². The monoisotopic (exact) mass is 768 g/mol. The Morgan fingerprint density at radius 1 is 0.915 bits per heavy atom. The molecule has 0 saturated carbocycles. The van der Waals surface area contributed by atoms with Crippen molar-refractivity contribution in [2.75, 3.05) is 44.2 Å². The predicted octanol–water partition coefficient (Wildman–Crippen LogP) is 5.52. The number of anilines is 1. The number of halogens is 3. The van der Waals surface area contributed by atoms with Crippen molar-refractivity contribution in [1.82, 2.24) is 24.7 Å². The molecule has 0 radical (unpaired) electrons. The first-order valence-corrected chi connectivity index (χ1v) is 17.1. The smallest absolute Gasteiger partial charge is 0.326 e. The number of benzene rings is 3. The number of amides is 3. The summed E-state index contributed by atoms with van der Waals surface area (Å²) in [7, 11) is 0. The van der Waals surface area contributed by atoms with Gasteiger partial charge in [0.15, 0.2) is 0 Å². The summed E-state index contributed by atoms with van der Waals surface area (Å²) in [6.07, 6.45) is 3.26. The van der Waals surface area contributed by atoms with Crippen molar-refractivity contribution in [3.8, 4) is 17.0 Å². The number of likely N-dealkylation sites (tertiary alicyclic amines) is 1. The third-order valence-corrected chi connectivity index (χ3v) is 10.1. The average molecular weight is 770 g/mol. The molecule has 246 valence electrons. The van der Waals surface area contributed by atoms with Crippen molar-refractivity contribution in [1.29, 1.82) is 0 Å². The summed E-state index contributed by atoms with van der Waals surface area (Å²) in [5, 5.41) is 13.2. The van der Waals surface area contributed by atoms with Gasteiger partial charge in [0, 0.05) is 63.6 Å². The minimum Gasteiger partial charge on any atom is -0.506 e. The van der Waals surface area contributed by atoms with Gasteiger partial charge in [0.2, 0.25) is 5.91 Å². The lowest BCUT2D eigenvalue weighted by molar-refractivity contribution is -0.133. The first kappa shape index (κ1) is 32.8. The van der Waals surface area contributed by atoms with E-state index >= 15 is 0 Å². The maximum atomic E-state index is 13.9. The lowest BCUT2D eigenvalue weighted by Crippen LogP contribution is -2.57. The predicted molar refractivity (Wildman–Crippen MR) is 185 cm³/mol. The highest BCUT2D eigenvalue weighted by Gasteiger charge is 2.32. The van der Waals surface area contributed by atoms with E-state index in [0.29, 0.717) is 61.1 Å². The Labute approximate surface area is 288 Å². The topological polar surface area (TPSA) is 114 Å². The van der Waals surface area contributed by atoms with Gasteiger partial charge < -0.3 is 30.1 Å². The zero-order chi connectivity index (χ0) is 33.1. The number of piperazine rings is 1. The van der Waals surface area contributed by atoms with Crippen LogP contribution in [0.3, 0.4) is 0 Å². The Balaban J connectivity index is 1.12. The molecule has 3 N–H and O–H groups in total. The van der Waals surface area contributed by atoms with Crippen LogP contribution in [0.1, 0.15) is 24.4 Å². The fourth-order valence-corrected chi connectivity index (χ4v) is 7.54. The molecule has 2 fully saturated rings. The Morgan fingerprint density at radius 3 is 2.19 bits per heavy atom. The summed E-state index contributed by atoms with van der Waals surface area (Å²) in [6.45, 7) is 2.92. The number of H-pyrrole nitrogens is 1. The molecule has 1 aromatic heterocycles. The fourth-order valence-electron chi connectivity index (χ4n) is 6.26. The van der Waals surface area contributed by atoms with Crippen molar-refractivity contribution < 1.29 is 19.1 Å². The number of aromatic nitrogens is 2. The molecule has 2 aliphatic heterocycles. The summed E-state index contributed by atoms with van der Waals surface area (Å²) in [4.78, 5) is 48.8. The molecule has 6 rings (SSSR count). The number of rotatable bonds is 7. The second kappa shape index (κ2) is 14.3. The van der Waals surface area contributed by atoms with E-state index in [2.05, 4.69) is 47.1 Å². The molecule has 3 amide bonds. The van der Waals surface area contributed by atoms with Gasteiger partial charge in [0.05, 0.1) is 14.6 Å². The van der Waals surface area contributed by atoms with Gasteiger partial charge in [0.1, 0.15) is 17.6 Å². The van der Waals surface area contributed by atoms with Gasteiger partial charge >= 0.3 is 11.7 Å². The molecular formula is C34H35Br2FN6O4. The number of hydrogen-bond donors (Lipinski definition) is 3. The molecular weight excluding hydrogens is 735 g/mol. The number of piperidine rings is 1. The Hall–Kier alpha value is -4.10. The number of hydrogen-bond acceptors (Lipinski definition) is 5. The molecule has 3 heterocycles. The standard InChI is InChI=1S/C34H35Br2FN6O4/c35-27-18-22(19-28(36)31(27)44)20-29(32(45)41-16-14-40(15-17-41)25-8-6-24(37)7-9-25)38-33(46)42-12-10-26(11-13-42)43-21-30(39-34(43)47)23-4-2-1-3-5-23/h1-9,18-19,21,26,29,44H,10-17,20H2,(H,38,46)(H,39,47)/t29-/m0/s1. The van der Waals surface area contributed by atoms with E-state index < -0.39 is 6.04 Å². The maximum absolute atomic E-state index is 13.9. The first-order chi connectivity index (χ1) is 22.7. The zero-order valence-electron chi connectivity index (χ0n) is 25.5. The largest absolute Gasteiger partial charge is 0.506 e. The molecule has 0 bridgehead atoms. The van der Waals surface area contributed by atoms with E-state index in [0.717, 1.165) is 22.5 Å². The minimum atomic E-state index is -0.846. The van der Waals surface area contributed by atoms with E-state index in [9.17, 15) is 23.9 Å². The number of urea groups is 1. The summed E-state index contributed by atoms with van der Waals surface area (Å²) in [6, 6.07) is 18.2. The van der Waals surface area contributed by atoms with Crippen molar-refractivity contribution in [3.63, 3.8) is 0 Å². The number of aromatic hydroxyl groups is 1. The van der Waals surface area contributed by atoms with Crippen molar-refractivity contribution in [2.45, 2.75) is 31.3 Å². The van der Waals surface area contributed by atoms with Crippen LogP contribution in [0.2, 0.25) is 0 Å². The number of phenolic OH excluding ortho intramolecular Hbond substituents is 1. The lowest BCUT2D eigenvalue weighted by atomic mass is 10.0. The van der Waals surface area contributed by atoms with Gasteiger partial charge in [0.25, 0.3) is 0 Å². The van der Waals surface area contributed by atoms with Gasteiger partial charge in [-0.25, -0.2) is 14.0 Å². The molecule has 0 aliphatic carbocycles. The van der Waals surface area contributed by atoms with Crippen LogP contribution in [-0.2, 0) is 11.2 Å². The lowest BCUT2D eigenvalue weighted by Gasteiger charge is -2.38. The van der Waals surface area contributed by atoms with Crippen LogP contribution in [0.4, 0.5) is 14.9 Å². The van der Waals surface area contributed by atoms with Gasteiger partial charge in [-0.1, -0.05) is 30.3 Å². The SMILES string of the molecule is O=C(N[C@@H](Cc1cc(Br)c(O)c(Br)c1)C(=O)N1CCN(c2ccc(F)cc2)CC1)N1CCC(n2cc(-c3ccccc3)[nH]c2=O)CC1. The molecule has 47 heavy (non-hydrogen) atoms. The van der Waals surface area contributed by atoms with Crippen LogP contribution in [0.15, 0.2) is 86.7 Å². The van der Waals surface area contributed by atoms with E-state index in [4.69, 9.17) is 0 Å². The quantitative estimate of drug-likeness (QED) is 0.229. The number of phenols is 1. The molecule has 4 aromatic rings. The fraction of sp³-hybridized carbons (Fsp3) is 0.324. The van der Waals surface area contributed by atoms with Gasteiger partial charge in [-0.3, -0.25) is 9.36 Å². The van der Waals surface area contributed by atoms with Crippen molar-refractivity contribution in [2.24, 2.45) is 0 Å². The minimum absolute atomic E-state index is 0.0536. The molecule has 2 saturated heterocycles. The molecule has 13 heteroatoms. The second-order valence-electron chi connectivity index (χ2n) is 11.9. The van der Waals surface area contributed by atoms with E-state index in [-0.39, 0.29) is 41.7 Å². The van der Waals surface area contributed by atoms with Gasteiger partial charge in [-0.15, -0.1) is 0 Å². The molecule has 0 spiro atoms. The highest BCUT2D eigenvalue weighted by molar-refractivity contribution is 9.11. The average Bonchev–Trinajstić information content (AvgIpc) is 3.48. The summed E-state index contributed by atoms with van der Waals surface area (Å²) >= 11 is 6.73. The summed E-state index contributed by atoms with van der Waals surface area (Å²) in [5.74, 6) is -0.439. The highest BCUT2D eigenvalue weighted by atomic mass is 79.9. The normalized spacial score (nSPS) is 16.3. The van der Waals surface area contributed by atoms with Crippen LogP contribution in [-0.4, -0.2) is 81.7 Å². The zero-order valence-corrected chi connectivity index (χ0v) is 28.7. The number of imidazole rings is 1. The number of nitrogens with one attached hydrogen (secondary N) is 2. The van der Waals surface area contributed by atoms with E-state index in [1.165, 1.54) is 12.1 Å². The van der Waals surface area contributed by atoms with Gasteiger partial charge in [-0.2, -0.15) is 0 Å². The maximum Gasteiger partial charge on any atom is 0.326 e. The Bertz CT molecular complexity index is 1760. The molecule has 1 atom stereocenters. The third kappa shape index (κ3) is 7.57. The summed E-state index contributed by atoms with van der Waals surface area (Å²) in [5.41, 5.74) is 3.15. The molecule has 0 unspecified atom stereocenters. The Morgan fingerprint density at radius 2 is 1.55 bits per heavy atom. The molecule has 2 aliphatic rings. The third-order valence-electron chi connectivity index (χ3n) is 8.87. The second-order valence-corrected chi connectivity index (χ2v) is 13.6. The highest BCUT2D eigenvalue weighted by Crippen LogP contribution is 2.34. The van der Waals surface area contributed by atoms with Crippen LogP contribution in [0.5, 0.6) is 5.75 Å². The summed E-state index contributed by atoms with van der Waals surface area (Å²) < 4.78 is 16.1. The van der Waals surface area contributed by atoms with Crippen LogP contribution in [0, 0.1) is 5.82 Å². The van der Waals surface area contributed by atoms with E-state index in [1.54, 1.807) is 38.6 Å². The van der Waals surface area contributed by atoms with Crippen LogP contribution < -0.4 is 15.9 Å². The first-order valence-electron chi connectivity index (χ1n) is 15.5. The van der Waals surface area contributed by atoms with Crippen LogP contribution in [0.25, 0.3) is 11.3 Å². The molecule has 3 aromatic carbocycles.